The normalized spacial score (nSPS) is 12.5. The molecule has 0 aromatic heterocycles. The fraction of sp³-hybridized carbons (Fsp3) is 0.947. The second-order valence-electron chi connectivity index (χ2n) is 26.3. The van der Waals surface area contributed by atoms with Crippen LogP contribution in [0.1, 0.15) is 438 Å². The summed E-state index contributed by atoms with van der Waals surface area (Å²) in [4.78, 5) is 24.6. The van der Waals surface area contributed by atoms with Gasteiger partial charge in [0.05, 0.1) is 25.4 Å². The zero-order valence-corrected chi connectivity index (χ0v) is 56.0. The Bertz CT molecular complexity index is 1240. The predicted octanol–water partition coefficient (Wildman–Crippen LogP) is 24.7. The van der Waals surface area contributed by atoms with E-state index in [2.05, 4.69) is 31.3 Å². The van der Waals surface area contributed by atoms with Gasteiger partial charge in [-0.15, -0.1) is 0 Å². The van der Waals surface area contributed by atoms with Gasteiger partial charge >= 0.3 is 5.97 Å². The van der Waals surface area contributed by atoms with E-state index >= 15 is 0 Å². The molecule has 0 aliphatic rings. The third-order valence-electron chi connectivity index (χ3n) is 18.1. The largest absolute Gasteiger partial charge is 0.466 e. The molecule has 0 heterocycles. The summed E-state index contributed by atoms with van der Waals surface area (Å²) in [5, 5.41) is 23.4. The van der Waals surface area contributed by atoms with Crippen molar-refractivity contribution in [2.24, 2.45) is 0 Å². The van der Waals surface area contributed by atoms with E-state index in [1.807, 2.05) is 0 Å². The number of rotatable bonds is 72. The van der Waals surface area contributed by atoms with Crippen LogP contribution < -0.4 is 5.32 Å². The Balaban J connectivity index is 3.29. The van der Waals surface area contributed by atoms with E-state index in [1.165, 1.54) is 360 Å². The van der Waals surface area contributed by atoms with Crippen molar-refractivity contribution in [3.63, 3.8) is 0 Å². The number of amides is 1. The molecule has 0 fully saturated rings. The van der Waals surface area contributed by atoms with Crippen LogP contribution in [-0.2, 0) is 14.3 Å². The number of esters is 1. The summed E-state index contributed by atoms with van der Waals surface area (Å²) in [6, 6.07) is -0.536. The molecule has 6 nitrogen and oxygen atoms in total. The molecule has 0 rings (SSSR count). The lowest BCUT2D eigenvalue weighted by Gasteiger charge is -2.22. The lowest BCUT2D eigenvalue weighted by molar-refractivity contribution is -0.143. The molecule has 0 saturated heterocycles. The van der Waals surface area contributed by atoms with E-state index in [4.69, 9.17) is 4.74 Å². The topological polar surface area (TPSA) is 95.9 Å². The molecule has 3 N–H and O–H groups in total. The average molecular weight is 1160 g/mol. The van der Waals surface area contributed by atoms with E-state index in [0.29, 0.717) is 25.9 Å². The minimum Gasteiger partial charge on any atom is -0.466 e. The van der Waals surface area contributed by atoms with E-state index < -0.39 is 12.1 Å². The molecule has 2 unspecified atom stereocenters. The number of hydrogen-bond acceptors (Lipinski definition) is 5. The third-order valence-corrected chi connectivity index (χ3v) is 18.1. The number of carbonyl (C=O) groups is 2. The Hall–Kier alpha value is -1.40. The average Bonchev–Trinajstić information content (AvgIpc) is 3.48. The molecule has 0 aliphatic heterocycles. The molecule has 2 atom stereocenters. The summed E-state index contributed by atoms with van der Waals surface area (Å²) in [6.07, 6.45) is 90.1. The molecule has 1 amide bonds. The minimum absolute atomic E-state index is 0.0156. The van der Waals surface area contributed by atoms with Crippen LogP contribution in [0.15, 0.2) is 12.2 Å². The van der Waals surface area contributed by atoms with Gasteiger partial charge in [0.1, 0.15) is 0 Å². The molecule has 0 saturated carbocycles. The van der Waals surface area contributed by atoms with Crippen molar-refractivity contribution in [1.82, 2.24) is 5.32 Å². The van der Waals surface area contributed by atoms with Gasteiger partial charge in [-0.05, 0) is 51.4 Å². The highest BCUT2D eigenvalue weighted by molar-refractivity contribution is 5.76. The molecule has 0 aromatic carbocycles. The van der Waals surface area contributed by atoms with Crippen molar-refractivity contribution in [2.75, 3.05) is 13.2 Å². The maximum atomic E-state index is 12.5. The van der Waals surface area contributed by atoms with Crippen molar-refractivity contribution in [3.05, 3.63) is 12.2 Å². The number of unbranched alkanes of at least 4 members (excludes halogenated alkanes) is 59. The SMILES string of the molecule is CCCCCCCC/C=C\CCCCCCCC(=O)OCCCCCCCCCCCCCCCCCCCCCCCCCCCCCCCCCCCCCC(=O)NC(CO)C(O)CCCCCCCCCCCCCCCCC. The Kier molecular flexibility index (Phi) is 70.8. The van der Waals surface area contributed by atoms with Crippen LogP contribution in [0.3, 0.4) is 0 Å². The molecule has 0 aromatic rings. The maximum Gasteiger partial charge on any atom is 0.305 e. The molecule has 82 heavy (non-hydrogen) atoms. The molecular formula is C76H149NO5. The van der Waals surface area contributed by atoms with Gasteiger partial charge in [0, 0.05) is 12.8 Å². The van der Waals surface area contributed by atoms with Gasteiger partial charge in [-0.3, -0.25) is 9.59 Å². The maximum absolute atomic E-state index is 12.5. The highest BCUT2D eigenvalue weighted by atomic mass is 16.5. The number of allylic oxidation sites excluding steroid dienone is 2. The molecule has 0 aliphatic carbocycles. The second-order valence-corrected chi connectivity index (χ2v) is 26.3. The highest BCUT2D eigenvalue weighted by Gasteiger charge is 2.20. The van der Waals surface area contributed by atoms with Crippen LogP contribution in [-0.4, -0.2) is 47.4 Å². The molecule has 0 bridgehead atoms. The molecule has 488 valence electrons. The monoisotopic (exact) mass is 1160 g/mol. The first-order chi connectivity index (χ1) is 40.5. The van der Waals surface area contributed by atoms with Gasteiger partial charge in [-0.1, -0.05) is 386 Å². The minimum atomic E-state index is -0.659. The molecule has 0 spiro atoms. The molecule has 6 heteroatoms. The zero-order valence-electron chi connectivity index (χ0n) is 56.0. The van der Waals surface area contributed by atoms with E-state index in [9.17, 15) is 19.8 Å². The van der Waals surface area contributed by atoms with Crippen molar-refractivity contribution in [3.8, 4) is 0 Å². The van der Waals surface area contributed by atoms with Crippen LogP contribution in [0.25, 0.3) is 0 Å². The van der Waals surface area contributed by atoms with Crippen LogP contribution in [0.5, 0.6) is 0 Å². The Labute approximate surface area is 514 Å². The lowest BCUT2D eigenvalue weighted by Crippen LogP contribution is -2.45. The quantitative estimate of drug-likeness (QED) is 0.0320. The number of hydrogen-bond donors (Lipinski definition) is 3. The number of aliphatic hydroxyl groups is 2. The van der Waals surface area contributed by atoms with Gasteiger partial charge in [0.25, 0.3) is 0 Å². The Morgan fingerprint density at radius 1 is 0.329 bits per heavy atom. The van der Waals surface area contributed by atoms with Gasteiger partial charge in [-0.2, -0.15) is 0 Å². The van der Waals surface area contributed by atoms with Crippen molar-refractivity contribution in [1.29, 1.82) is 0 Å². The van der Waals surface area contributed by atoms with Crippen molar-refractivity contribution in [2.45, 2.75) is 450 Å². The summed E-state index contributed by atoms with van der Waals surface area (Å²) >= 11 is 0. The summed E-state index contributed by atoms with van der Waals surface area (Å²) < 4.78 is 5.50. The number of aliphatic hydroxyl groups excluding tert-OH is 2. The standard InChI is InChI=1S/C76H149NO5/c1-3-5-7-9-11-13-15-17-40-44-48-52-56-60-64-68-74(79)73(72-78)77-75(80)69-65-61-57-53-49-45-42-38-36-34-32-30-28-26-24-22-20-19-21-23-25-27-29-31-33-35-37-39-43-47-51-55-59-63-67-71-82-76(81)70-66-62-58-54-50-46-41-18-16-14-12-10-8-6-4-2/h18,41,73-74,78-79H,3-17,19-40,42-72H2,1-2H3,(H,77,80)/b41-18-. The van der Waals surface area contributed by atoms with E-state index in [1.54, 1.807) is 0 Å². The number of nitrogens with one attached hydrogen (secondary N) is 1. The predicted molar refractivity (Wildman–Crippen MR) is 361 cm³/mol. The first kappa shape index (κ1) is 80.6. The third kappa shape index (κ3) is 67.7. The fourth-order valence-corrected chi connectivity index (χ4v) is 12.3. The highest BCUT2D eigenvalue weighted by Crippen LogP contribution is 2.20. The summed E-state index contributed by atoms with van der Waals surface area (Å²) in [5.41, 5.74) is 0. The summed E-state index contributed by atoms with van der Waals surface area (Å²) in [5.74, 6) is -0.0103. The van der Waals surface area contributed by atoms with E-state index in [0.717, 1.165) is 44.9 Å². The van der Waals surface area contributed by atoms with Gasteiger partial charge in [0.15, 0.2) is 0 Å². The van der Waals surface area contributed by atoms with Crippen LogP contribution in [0.2, 0.25) is 0 Å². The first-order valence-corrected chi connectivity index (χ1v) is 37.9. The Morgan fingerprint density at radius 3 is 0.866 bits per heavy atom. The second kappa shape index (κ2) is 72.1. The summed E-state index contributed by atoms with van der Waals surface area (Å²) in [6.45, 7) is 4.99. The van der Waals surface area contributed by atoms with Crippen LogP contribution in [0, 0.1) is 0 Å². The van der Waals surface area contributed by atoms with Crippen LogP contribution >= 0.6 is 0 Å². The Morgan fingerprint density at radius 2 is 0.573 bits per heavy atom. The van der Waals surface area contributed by atoms with E-state index in [-0.39, 0.29) is 18.5 Å². The lowest BCUT2D eigenvalue weighted by atomic mass is 10.0. The van der Waals surface area contributed by atoms with Gasteiger partial charge in [0.2, 0.25) is 5.91 Å². The van der Waals surface area contributed by atoms with Gasteiger partial charge < -0.3 is 20.3 Å². The van der Waals surface area contributed by atoms with Crippen LogP contribution in [0.4, 0.5) is 0 Å². The number of carbonyl (C=O) groups excluding carboxylic acids is 2. The smallest absolute Gasteiger partial charge is 0.305 e. The van der Waals surface area contributed by atoms with Crippen molar-refractivity contribution < 1.29 is 24.5 Å². The zero-order chi connectivity index (χ0) is 59.2. The first-order valence-electron chi connectivity index (χ1n) is 37.9. The summed E-state index contributed by atoms with van der Waals surface area (Å²) in [7, 11) is 0. The van der Waals surface area contributed by atoms with Crippen molar-refractivity contribution >= 4 is 11.9 Å². The van der Waals surface area contributed by atoms with Gasteiger partial charge in [-0.25, -0.2) is 0 Å². The molecule has 0 radical (unpaired) electrons. The fourth-order valence-electron chi connectivity index (χ4n) is 12.3. The molecular weight excluding hydrogens is 1010 g/mol. The number of ether oxygens (including phenoxy) is 1.